The maximum Gasteiger partial charge on any atom is 0.361 e. The molecule has 10 nitrogen and oxygen atoms in total. The van der Waals surface area contributed by atoms with Gasteiger partial charge in [0.1, 0.15) is 0 Å². The van der Waals surface area contributed by atoms with E-state index in [1.807, 2.05) is 6.92 Å². The Hall–Kier alpha value is -3.21. The highest BCUT2D eigenvalue weighted by Crippen LogP contribution is 2.27. The van der Waals surface area contributed by atoms with Crippen molar-refractivity contribution in [3.63, 3.8) is 0 Å². The van der Waals surface area contributed by atoms with E-state index in [1.165, 1.54) is 30.7 Å². The fraction of sp³-hybridized carbons (Fsp3) is 0.250. The van der Waals surface area contributed by atoms with Crippen LogP contribution < -0.4 is 0 Å². The number of nitrogens with zero attached hydrogens (tertiary/aromatic N) is 5. The van der Waals surface area contributed by atoms with E-state index < -0.39 is 11.9 Å². The lowest BCUT2D eigenvalue weighted by atomic mass is 10.1. The van der Waals surface area contributed by atoms with Crippen LogP contribution in [0.25, 0.3) is 17.1 Å². The molecular weight excluding hydrogens is 374 g/mol. The molecule has 0 aliphatic rings. The van der Waals surface area contributed by atoms with Crippen LogP contribution in [-0.2, 0) is 9.47 Å². The monoisotopic (exact) mass is 389 g/mol. The molecule has 11 heteroatoms. The summed E-state index contributed by atoms with van der Waals surface area (Å²) in [5, 5.41) is 12.1. The fourth-order valence-electron chi connectivity index (χ4n) is 2.31. The molecule has 2 aromatic heterocycles. The standard InChI is InChI=1S/C16H15N5O5S/c1-4-27-16-17-13(19-26-16)9-7-5-6-8-10(9)21-12(15(23)25-3)11(18-20-21)14(22)24-2/h5-8H,4H2,1-3H3. The first-order valence-corrected chi connectivity index (χ1v) is 8.77. The first kappa shape index (κ1) is 18.6. The second-order valence-corrected chi connectivity index (χ2v) is 6.23. The lowest BCUT2D eigenvalue weighted by Crippen LogP contribution is -2.16. The molecule has 2 heterocycles. The van der Waals surface area contributed by atoms with Gasteiger partial charge >= 0.3 is 11.9 Å². The molecule has 0 spiro atoms. The van der Waals surface area contributed by atoms with E-state index in [2.05, 4.69) is 25.2 Å². The minimum Gasteiger partial charge on any atom is -0.464 e. The Morgan fingerprint density at radius 1 is 1.19 bits per heavy atom. The maximum absolute atomic E-state index is 12.3. The van der Waals surface area contributed by atoms with Gasteiger partial charge in [-0.15, -0.1) is 5.10 Å². The topological polar surface area (TPSA) is 122 Å². The number of carbonyl (C=O) groups excluding carboxylic acids is 2. The van der Waals surface area contributed by atoms with Crippen LogP contribution in [0.2, 0.25) is 0 Å². The number of thioether (sulfide) groups is 1. The third-order valence-corrected chi connectivity index (χ3v) is 4.18. The normalized spacial score (nSPS) is 10.6. The van der Waals surface area contributed by atoms with E-state index >= 15 is 0 Å². The molecule has 0 aliphatic carbocycles. The van der Waals surface area contributed by atoms with Crippen LogP contribution in [0.4, 0.5) is 0 Å². The van der Waals surface area contributed by atoms with Crippen LogP contribution in [0.15, 0.2) is 34.0 Å². The molecule has 140 valence electrons. The van der Waals surface area contributed by atoms with Gasteiger partial charge in [0.25, 0.3) is 5.22 Å². The van der Waals surface area contributed by atoms with Crippen molar-refractivity contribution in [3.8, 4) is 17.1 Å². The molecule has 0 bridgehead atoms. The number of ether oxygens (including phenoxy) is 2. The highest BCUT2D eigenvalue weighted by atomic mass is 32.2. The summed E-state index contributed by atoms with van der Waals surface area (Å²) in [6, 6.07) is 6.93. The highest BCUT2D eigenvalue weighted by Gasteiger charge is 2.29. The number of para-hydroxylation sites is 1. The summed E-state index contributed by atoms with van der Waals surface area (Å²) in [6.45, 7) is 1.97. The summed E-state index contributed by atoms with van der Waals surface area (Å²) < 4.78 is 15.8. The zero-order chi connectivity index (χ0) is 19.4. The number of rotatable bonds is 6. The van der Waals surface area contributed by atoms with Crippen molar-refractivity contribution in [1.29, 1.82) is 0 Å². The van der Waals surface area contributed by atoms with E-state index in [4.69, 9.17) is 9.26 Å². The number of hydrogen-bond acceptors (Lipinski definition) is 10. The van der Waals surface area contributed by atoms with Crippen molar-refractivity contribution in [1.82, 2.24) is 25.1 Å². The number of benzene rings is 1. The predicted octanol–water partition coefficient (Wildman–Crippen LogP) is 2.00. The third kappa shape index (κ3) is 3.53. The van der Waals surface area contributed by atoms with Crippen LogP contribution >= 0.6 is 11.8 Å². The van der Waals surface area contributed by atoms with Gasteiger partial charge in [0, 0.05) is 5.56 Å². The van der Waals surface area contributed by atoms with Gasteiger partial charge in [-0.25, -0.2) is 14.3 Å². The molecule has 0 unspecified atom stereocenters. The van der Waals surface area contributed by atoms with E-state index in [-0.39, 0.29) is 11.4 Å². The molecule has 0 amide bonds. The van der Waals surface area contributed by atoms with E-state index in [0.717, 1.165) is 5.75 Å². The average Bonchev–Trinajstić information content (AvgIpc) is 3.34. The molecule has 0 aliphatic heterocycles. The van der Waals surface area contributed by atoms with Crippen molar-refractivity contribution >= 4 is 23.7 Å². The minimum atomic E-state index is -0.805. The SMILES string of the molecule is CCSc1nc(-c2ccccc2-n2nnc(C(=O)OC)c2C(=O)OC)no1. The summed E-state index contributed by atoms with van der Waals surface area (Å²) in [5.41, 5.74) is 0.544. The second-order valence-electron chi connectivity index (χ2n) is 5.02. The van der Waals surface area contributed by atoms with Crippen LogP contribution in [0.5, 0.6) is 0 Å². The summed E-state index contributed by atoms with van der Waals surface area (Å²) in [4.78, 5) is 28.5. The second kappa shape index (κ2) is 7.99. The van der Waals surface area contributed by atoms with Crippen molar-refractivity contribution in [2.24, 2.45) is 0 Å². The van der Waals surface area contributed by atoms with E-state index in [0.29, 0.717) is 22.3 Å². The first-order chi connectivity index (χ1) is 13.1. The summed E-state index contributed by atoms with van der Waals surface area (Å²) in [6.07, 6.45) is 0. The van der Waals surface area contributed by atoms with Crippen LogP contribution in [0, 0.1) is 0 Å². The molecular formula is C16H15N5O5S. The van der Waals surface area contributed by atoms with Gasteiger partial charge in [0.15, 0.2) is 5.69 Å². The Morgan fingerprint density at radius 2 is 1.93 bits per heavy atom. The minimum absolute atomic E-state index is 0.163. The number of carbonyl (C=O) groups is 2. The molecule has 27 heavy (non-hydrogen) atoms. The maximum atomic E-state index is 12.3. The summed E-state index contributed by atoms with van der Waals surface area (Å²) >= 11 is 1.40. The molecule has 0 fully saturated rings. The van der Waals surface area contributed by atoms with Crippen LogP contribution in [0.3, 0.4) is 0 Å². The van der Waals surface area contributed by atoms with Gasteiger partial charge in [0.05, 0.1) is 19.9 Å². The molecule has 0 radical (unpaired) electrons. The Balaban J connectivity index is 2.16. The van der Waals surface area contributed by atoms with Crippen molar-refractivity contribution < 1.29 is 23.6 Å². The number of hydrogen-bond donors (Lipinski definition) is 0. The van der Waals surface area contributed by atoms with Gasteiger partial charge in [-0.1, -0.05) is 41.2 Å². The molecule has 0 atom stereocenters. The molecule has 1 aromatic carbocycles. The molecule has 3 aromatic rings. The van der Waals surface area contributed by atoms with Gasteiger partial charge < -0.3 is 14.0 Å². The Morgan fingerprint density at radius 3 is 2.63 bits per heavy atom. The van der Waals surface area contributed by atoms with Gasteiger partial charge in [-0.2, -0.15) is 4.98 Å². The zero-order valence-electron chi connectivity index (χ0n) is 14.7. The van der Waals surface area contributed by atoms with E-state index in [9.17, 15) is 9.59 Å². The summed E-state index contributed by atoms with van der Waals surface area (Å²) in [5.74, 6) is -0.500. The van der Waals surface area contributed by atoms with Crippen molar-refractivity contribution in [3.05, 3.63) is 35.7 Å². The van der Waals surface area contributed by atoms with Gasteiger partial charge in [-0.3, -0.25) is 0 Å². The van der Waals surface area contributed by atoms with Crippen molar-refractivity contribution in [2.45, 2.75) is 12.1 Å². The molecule has 0 N–H and O–H groups in total. The third-order valence-electron chi connectivity index (χ3n) is 3.48. The highest BCUT2D eigenvalue weighted by molar-refractivity contribution is 7.99. The molecule has 3 rings (SSSR count). The quantitative estimate of drug-likeness (QED) is 0.457. The van der Waals surface area contributed by atoms with E-state index in [1.54, 1.807) is 24.3 Å². The first-order valence-electron chi connectivity index (χ1n) is 7.79. The van der Waals surface area contributed by atoms with Crippen LogP contribution in [-0.4, -0.2) is 57.0 Å². The summed E-state index contributed by atoms with van der Waals surface area (Å²) in [7, 11) is 2.38. The zero-order valence-corrected chi connectivity index (χ0v) is 15.5. The number of aromatic nitrogens is 5. The Kier molecular flexibility index (Phi) is 5.50. The lowest BCUT2D eigenvalue weighted by Gasteiger charge is -2.09. The fourth-order valence-corrected chi connectivity index (χ4v) is 2.80. The van der Waals surface area contributed by atoms with Crippen LogP contribution in [0.1, 0.15) is 27.9 Å². The number of esters is 2. The largest absolute Gasteiger partial charge is 0.464 e. The van der Waals surface area contributed by atoms with Crippen molar-refractivity contribution in [2.75, 3.05) is 20.0 Å². The Bertz CT molecular complexity index is 983. The average molecular weight is 389 g/mol. The van der Waals surface area contributed by atoms with Gasteiger partial charge in [0.2, 0.25) is 11.5 Å². The molecule has 0 saturated heterocycles. The Labute approximate surface area is 157 Å². The molecule has 0 saturated carbocycles. The predicted molar refractivity (Wildman–Crippen MR) is 93.7 cm³/mol. The van der Waals surface area contributed by atoms with Gasteiger partial charge in [-0.05, 0) is 17.9 Å². The smallest absolute Gasteiger partial charge is 0.361 e. The number of methoxy groups -OCH3 is 2. The lowest BCUT2D eigenvalue weighted by molar-refractivity contribution is 0.0546.